The average molecular weight is 463 g/mol. The summed E-state index contributed by atoms with van der Waals surface area (Å²) in [5.74, 6) is -0.0543. The summed E-state index contributed by atoms with van der Waals surface area (Å²) in [4.78, 5) is 20.3. The van der Waals surface area contributed by atoms with Crippen LogP contribution in [0.5, 0.6) is 0 Å². The van der Waals surface area contributed by atoms with Gasteiger partial charge >= 0.3 is 0 Å². The number of ether oxygens (including phenoxy) is 1. The van der Waals surface area contributed by atoms with Crippen molar-refractivity contribution in [1.82, 2.24) is 29.7 Å². The first-order valence-electron chi connectivity index (χ1n) is 11.9. The van der Waals surface area contributed by atoms with Crippen LogP contribution in [0.4, 0.5) is 0 Å². The summed E-state index contributed by atoms with van der Waals surface area (Å²) < 4.78 is 7.39. The summed E-state index contributed by atoms with van der Waals surface area (Å²) in [6.45, 7) is 6.31. The summed E-state index contributed by atoms with van der Waals surface area (Å²) in [5, 5.41) is 8.61. The standard InChI is InChI=1S/C26H34N6O2/c1-29-16-18-30(19-17-29)14-9-15-31(26(33)25(34-2)22-10-5-3-6-11-22)20-23-21-32(28-27-23)24-12-7-4-8-13-24/h3-8,10-13,21,25H,9,14-20H2,1-2H3. The van der Waals surface area contributed by atoms with E-state index in [1.165, 1.54) is 0 Å². The van der Waals surface area contributed by atoms with Crippen LogP contribution in [0.1, 0.15) is 23.8 Å². The number of hydrogen-bond donors (Lipinski definition) is 0. The maximum Gasteiger partial charge on any atom is 0.256 e. The largest absolute Gasteiger partial charge is 0.367 e. The molecular weight excluding hydrogens is 428 g/mol. The minimum atomic E-state index is -0.644. The van der Waals surface area contributed by atoms with Crippen LogP contribution in [0.3, 0.4) is 0 Å². The fourth-order valence-electron chi connectivity index (χ4n) is 4.27. The third-order valence-corrected chi connectivity index (χ3v) is 6.29. The molecule has 34 heavy (non-hydrogen) atoms. The Morgan fingerprint density at radius 1 is 1.03 bits per heavy atom. The number of likely N-dealkylation sites (N-methyl/N-ethyl adjacent to an activating group) is 1. The molecule has 2 heterocycles. The van der Waals surface area contributed by atoms with Crippen LogP contribution in [0.15, 0.2) is 66.9 Å². The normalized spacial score (nSPS) is 15.8. The number of para-hydroxylation sites is 1. The van der Waals surface area contributed by atoms with Gasteiger partial charge in [-0.25, -0.2) is 4.68 Å². The Kier molecular flexibility index (Phi) is 8.41. The molecule has 0 radical (unpaired) electrons. The van der Waals surface area contributed by atoms with E-state index >= 15 is 0 Å². The zero-order chi connectivity index (χ0) is 23.8. The lowest BCUT2D eigenvalue weighted by molar-refractivity contribution is -0.143. The van der Waals surface area contributed by atoms with Crippen molar-refractivity contribution in [1.29, 1.82) is 0 Å². The second-order valence-electron chi connectivity index (χ2n) is 8.77. The molecule has 1 amide bonds. The number of rotatable bonds is 10. The van der Waals surface area contributed by atoms with Crippen molar-refractivity contribution in [3.63, 3.8) is 0 Å². The first-order chi connectivity index (χ1) is 16.6. The highest BCUT2D eigenvalue weighted by molar-refractivity contribution is 5.82. The van der Waals surface area contributed by atoms with Gasteiger partial charge in [-0.2, -0.15) is 0 Å². The minimum Gasteiger partial charge on any atom is -0.367 e. The molecule has 1 unspecified atom stereocenters. The maximum absolute atomic E-state index is 13.6. The number of piperazine rings is 1. The number of benzene rings is 2. The quantitative estimate of drug-likeness (QED) is 0.462. The predicted molar refractivity (Wildman–Crippen MR) is 132 cm³/mol. The number of amides is 1. The van der Waals surface area contributed by atoms with Crippen molar-refractivity contribution in [3.8, 4) is 5.69 Å². The van der Waals surface area contributed by atoms with E-state index in [1.54, 1.807) is 11.8 Å². The first-order valence-corrected chi connectivity index (χ1v) is 11.9. The molecule has 1 saturated heterocycles. The summed E-state index contributed by atoms with van der Waals surface area (Å²) in [6.07, 6.45) is 2.14. The average Bonchev–Trinajstić information content (AvgIpc) is 3.35. The minimum absolute atomic E-state index is 0.0543. The number of carbonyl (C=O) groups excluding carboxylic acids is 1. The van der Waals surface area contributed by atoms with Crippen molar-refractivity contribution < 1.29 is 9.53 Å². The molecule has 2 aromatic carbocycles. The highest BCUT2D eigenvalue weighted by atomic mass is 16.5. The number of hydrogen-bond acceptors (Lipinski definition) is 6. The Morgan fingerprint density at radius 2 is 1.71 bits per heavy atom. The molecule has 1 aromatic heterocycles. The van der Waals surface area contributed by atoms with Gasteiger partial charge in [0.2, 0.25) is 0 Å². The van der Waals surface area contributed by atoms with Crippen LogP contribution in [0.2, 0.25) is 0 Å². The van der Waals surface area contributed by atoms with E-state index in [2.05, 4.69) is 27.2 Å². The second-order valence-corrected chi connectivity index (χ2v) is 8.77. The van der Waals surface area contributed by atoms with Crippen molar-refractivity contribution in [2.75, 3.05) is 53.4 Å². The highest BCUT2D eigenvalue weighted by Crippen LogP contribution is 2.21. The van der Waals surface area contributed by atoms with E-state index < -0.39 is 6.10 Å². The van der Waals surface area contributed by atoms with E-state index in [0.717, 1.165) is 56.1 Å². The number of nitrogens with zero attached hydrogens (tertiary/aromatic N) is 6. The molecule has 4 rings (SSSR count). The number of carbonyl (C=O) groups is 1. The van der Waals surface area contributed by atoms with Crippen molar-refractivity contribution in [2.24, 2.45) is 0 Å². The molecule has 1 fully saturated rings. The Morgan fingerprint density at radius 3 is 2.38 bits per heavy atom. The summed E-state index contributed by atoms with van der Waals surface area (Å²) in [6, 6.07) is 19.5. The fraction of sp³-hybridized carbons (Fsp3) is 0.423. The van der Waals surface area contributed by atoms with Crippen LogP contribution in [0, 0.1) is 0 Å². The Bertz CT molecular complexity index is 1020. The Balaban J connectivity index is 1.46. The molecule has 0 spiro atoms. The summed E-state index contributed by atoms with van der Waals surface area (Å²) >= 11 is 0. The zero-order valence-corrected chi connectivity index (χ0v) is 20.1. The molecular formula is C26H34N6O2. The lowest BCUT2D eigenvalue weighted by atomic mass is 10.1. The van der Waals surface area contributed by atoms with Gasteiger partial charge in [0.15, 0.2) is 6.10 Å². The molecule has 8 nitrogen and oxygen atoms in total. The first kappa shape index (κ1) is 24.1. The zero-order valence-electron chi connectivity index (χ0n) is 20.1. The lowest BCUT2D eigenvalue weighted by Gasteiger charge is -2.33. The molecule has 0 bridgehead atoms. The molecule has 0 saturated carbocycles. The molecule has 3 aromatic rings. The molecule has 1 aliphatic heterocycles. The maximum atomic E-state index is 13.6. The van der Waals surface area contributed by atoms with Crippen LogP contribution in [-0.2, 0) is 16.1 Å². The third-order valence-electron chi connectivity index (χ3n) is 6.29. The topological polar surface area (TPSA) is 66.7 Å². The summed E-state index contributed by atoms with van der Waals surface area (Å²) in [5.41, 5.74) is 2.54. The Hall–Kier alpha value is -3.07. The number of aromatic nitrogens is 3. The van der Waals surface area contributed by atoms with Gasteiger partial charge in [-0.15, -0.1) is 5.10 Å². The van der Waals surface area contributed by atoms with Crippen molar-refractivity contribution >= 4 is 5.91 Å². The second kappa shape index (κ2) is 11.9. The van der Waals surface area contributed by atoms with Gasteiger partial charge < -0.3 is 19.4 Å². The molecule has 8 heteroatoms. The van der Waals surface area contributed by atoms with E-state index in [9.17, 15) is 4.79 Å². The van der Waals surface area contributed by atoms with Crippen molar-refractivity contribution in [2.45, 2.75) is 19.1 Å². The van der Waals surface area contributed by atoms with Crippen LogP contribution < -0.4 is 0 Å². The molecule has 1 atom stereocenters. The van der Waals surface area contributed by atoms with Crippen molar-refractivity contribution in [3.05, 3.63) is 78.1 Å². The van der Waals surface area contributed by atoms with Gasteiger partial charge in [0.05, 0.1) is 18.4 Å². The van der Waals surface area contributed by atoms with Gasteiger partial charge in [0.25, 0.3) is 5.91 Å². The van der Waals surface area contributed by atoms with E-state index in [4.69, 9.17) is 4.74 Å². The van der Waals surface area contributed by atoms with Gasteiger partial charge in [0.1, 0.15) is 5.69 Å². The van der Waals surface area contributed by atoms with Crippen LogP contribution in [0.25, 0.3) is 5.69 Å². The van der Waals surface area contributed by atoms with E-state index in [1.807, 2.05) is 71.8 Å². The molecule has 1 aliphatic rings. The molecule has 0 aliphatic carbocycles. The molecule has 180 valence electrons. The number of methoxy groups -OCH3 is 1. The smallest absolute Gasteiger partial charge is 0.256 e. The SMILES string of the molecule is COC(C(=O)N(CCCN1CCN(C)CC1)Cc1cn(-c2ccccc2)nn1)c1ccccc1. The van der Waals surface area contributed by atoms with Gasteiger partial charge in [-0.3, -0.25) is 4.79 Å². The van der Waals surface area contributed by atoms with Crippen LogP contribution in [-0.4, -0.2) is 89.0 Å². The summed E-state index contributed by atoms with van der Waals surface area (Å²) in [7, 11) is 3.75. The molecule has 0 N–H and O–H groups in total. The van der Waals surface area contributed by atoms with Gasteiger partial charge in [0, 0.05) is 39.8 Å². The van der Waals surface area contributed by atoms with Crippen LogP contribution >= 0.6 is 0 Å². The Labute approximate surface area is 201 Å². The van der Waals surface area contributed by atoms with E-state index in [-0.39, 0.29) is 5.91 Å². The highest BCUT2D eigenvalue weighted by Gasteiger charge is 2.27. The predicted octanol–water partition coefficient (Wildman–Crippen LogP) is 2.62. The lowest BCUT2D eigenvalue weighted by Crippen LogP contribution is -2.45. The van der Waals surface area contributed by atoms with Gasteiger partial charge in [-0.1, -0.05) is 53.7 Å². The fourth-order valence-corrected chi connectivity index (χ4v) is 4.27. The van der Waals surface area contributed by atoms with Gasteiger partial charge in [-0.05, 0) is 37.7 Å². The third kappa shape index (κ3) is 6.28. The van der Waals surface area contributed by atoms with E-state index in [0.29, 0.717) is 13.1 Å². The monoisotopic (exact) mass is 462 g/mol.